The van der Waals surface area contributed by atoms with E-state index in [0.29, 0.717) is 24.5 Å². The number of carbonyl (C=O) groups is 1. The van der Waals surface area contributed by atoms with Crippen LogP contribution in [0.2, 0.25) is 0 Å². The summed E-state index contributed by atoms with van der Waals surface area (Å²) in [5.74, 6) is -0.252. The van der Waals surface area contributed by atoms with Crippen LogP contribution in [0.25, 0.3) is 16.7 Å². The normalized spacial score (nSPS) is 11.1. The van der Waals surface area contributed by atoms with Gasteiger partial charge in [0.25, 0.3) is 11.5 Å². The summed E-state index contributed by atoms with van der Waals surface area (Å²) in [4.78, 5) is 47.2. The minimum atomic E-state index is -0.517. The number of benzene rings is 2. The lowest BCUT2D eigenvalue weighted by atomic mass is 10.1. The predicted molar refractivity (Wildman–Crippen MR) is 134 cm³/mol. The minimum Gasteiger partial charge on any atom is -0.339 e. The smallest absolute Gasteiger partial charge is 0.337 e. The number of pyridine rings is 1. The molecule has 0 aliphatic rings. The minimum absolute atomic E-state index is 0.0922. The molecule has 0 spiro atoms. The van der Waals surface area contributed by atoms with E-state index >= 15 is 0 Å². The first-order valence-electron chi connectivity index (χ1n) is 11.4. The van der Waals surface area contributed by atoms with Crippen molar-refractivity contribution in [3.05, 3.63) is 104 Å². The van der Waals surface area contributed by atoms with Gasteiger partial charge in [-0.1, -0.05) is 48.0 Å². The number of aryl methyl sites for hydroxylation is 2. The van der Waals surface area contributed by atoms with Crippen molar-refractivity contribution in [2.24, 2.45) is 0 Å². The molecule has 7 nitrogen and oxygen atoms in total. The van der Waals surface area contributed by atoms with Gasteiger partial charge in [-0.3, -0.25) is 14.2 Å². The molecule has 0 aliphatic carbocycles. The van der Waals surface area contributed by atoms with Gasteiger partial charge >= 0.3 is 5.69 Å². The summed E-state index contributed by atoms with van der Waals surface area (Å²) in [6.45, 7) is 8.62. The first-order chi connectivity index (χ1) is 16.3. The molecule has 0 unspecified atom stereocenters. The maximum absolute atomic E-state index is 13.8. The molecule has 174 valence electrons. The van der Waals surface area contributed by atoms with E-state index in [1.165, 1.54) is 9.13 Å². The van der Waals surface area contributed by atoms with E-state index in [1.54, 1.807) is 30.0 Å². The molecular formula is C27H28N4O3. The molecule has 2 aromatic heterocycles. The molecular weight excluding hydrogens is 428 g/mol. The molecule has 4 rings (SSSR count). The van der Waals surface area contributed by atoms with Gasteiger partial charge < -0.3 is 4.90 Å². The Labute approximate surface area is 197 Å². The highest BCUT2D eigenvalue weighted by molar-refractivity contribution is 6.05. The number of fused-ring (bicyclic) bond motifs is 1. The van der Waals surface area contributed by atoms with Crippen molar-refractivity contribution < 1.29 is 4.79 Å². The van der Waals surface area contributed by atoms with Crippen molar-refractivity contribution in [1.29, 1.82) is 0 Å². The zero-order valence-corrected chi connectivity index (χ0v) is 19.9. The molecule has 0 fully saturated rings. The monoisotopic (exact) mass is 456 g/mol. The van der Waals surface area contributed by atoms with Gasteiger partial charge in [0, 0.05) is 18.8 Å². The van der Waals surface area contributed by atoms with Crippen LogP contribution in [0.4, 0.5) is 0 Å². The van der Waals surface area contributed by atoms with Gasteiger partial charge in [-0.05, 0) is 51.5 Å². The summed E-state index contributed by atoms with van der Waals surface area (Å²) in [5.41, 5.74) is 2.44. The van der Waals surface area contributed by atoms with E-state index < -0.39 is 11.2 Å². The summed E-state index contributed by atoms with van der Waals surface area (Å²) in [6.07, 6.45) is 0. The fraction of sp³-hybridized carbons (Fsp3) is 0.259. The zero-order valence-electron chi connectivity index (χ0n) is 19.9. The van der Waals surface area contributed by atoms with Crippen molar-refractivity contribution in [2.45, 2.75) is 34.2 Å². The largest absolute Gasteiger partial charge is 0.339 e. The number of para-hydroxylation sites is 1. The third-order valence-corrected chi connectivity index (χ3v) is 5.94. The van der Waals surface area contributed by atoms with E-state index in [4.69, 9.17) is 0 Å². The highest BCUT2D eigenvalue weighted by atomic mass is 16.2. The van der Waals surface area contributed by atoms with Crippen LogP contribution in [0.3, 0.4) is 0 Å². The van der Waals surface area contributed by atoms with Gasteiger partial charge in [0.05, 0.1) is 23.2 Å². The number of nitrogens with zero attached hydrogens (tertiary/aromatic N) is 4. The molecule has 0 bridgehead atoms. The van der Waals surface area contributed by atoms with Crippen molar-refractivity contribution in [1.82, 2.24) is 19.0 Å². The number of amides is 1. The second-order valence-corrected chi connectivity index (χ2v) is 8.32. The fourth-order valence-electron chi connectivity index (χ4n) is 4.25. The Hall–Kier alpha value is -4.00. The Morgan fingerprint density at radius 2 is 1.65 bits per heavy atom. The maximum atomic E-state index is 13.8. The third kappa shape index (κ3) is 4.17. The zero-order chi connectivity index (χ0) is 24.4. The topological polar surface area (TPSA) is 77.2 Å². The van der Waals surface area contributed by atoms with Crippen LogP contribution in [-0.2, 0) is 6.54 Å². The fourth-order valence-corrected chi connectivity index (χ4v) is 4.25. The van der Waals surface area contributed by atoms with E-state index in [1.807, 2.05) is 63.2 Å². The Balaban J connectivity index is 2.12. The van der Waals surface area contributed by atoms with Crippen LogP contribution in [0.15, 0.2) is 70.3 Å². The van der Waals surface area contributed by atoms with Crippen molar-refractivity contribution >= 4 is 16.9 Å². The highest BCUT2D eigenvalue weighted by Crippen LogP contribution is 2.19. The van der Waals surface area contributed by atoms with Crippen LogP contribution in [0, 0.1) is 13.8 Å². The van der Waals surface area contributed by atoms with E-state index in [0.717, 1.165) is 11.1 Å². The van der Waals surface area contributed by atoms with Crippen molar-refractivity contribution in [2.75, 3.05) is 13.1 Å². The van der Waals surface area contributed by atoms with Crippen LogP contribution >= 0.6 is 0 Å². The number of rotatable bonds is 6. The number of hydrogen-bond donors (Lipinski definition) is 0. The summed E-state index contributed by atoms with van der Waals surface area (Å²) in [6, 6.07) is 18.4. The number of carbonyl (C=O) groups excluding carboxylic acids is 1. The van der Waals surface area contributed by atoms with E-state index in [2.05, 4.69) is 4.98 Å². The Morgan fingerprint density at radius 1 is 0.941 bits per heavy atom. The van der Waals surface area contributed by atoms with Crippen molar-refractivity contribution in [3.8, 4) is 5.69 Å². The van der Waals surface area contributed by atoms with Crippen LogP contribution in [0.5, 0.6) is 0 Å². The van der Waals surface area contributed by atoms with Gasteiger partial charge in [0.15, 0.2) is 5.65 Å². The van der Waals surface area contributed by atoms with Crippen LogP contribution < -0.4 is 11.2 Å². The standard InChI is InChI=1S/C27H28N4O3/c1-5-29(6-2)25(32)22-16-19(4)28-24-23(22)26(33)30(17-20-12-10-11-18(3)15-20)27(34)31(24)21-13-8-7-9-14-21/h7-16H,5-6,17H2,1-4H3. The van der Waals surface area contributed by atoms with E-state index in [-0.39, 0.29) is 29.0 Å². The Bertz CT molecular complexity index is 1480. The number of aromatic nitrogens is 3. The number of hydrogen-bond acceptors (Lipinski definition) is 4. The van der Waals surface area contributed by atoms with Crippen LogP contribution in [-0.4, -0.2) is 38.0 Å². The molecule has 0 saturated carbocycles. The van der Waals surface area contributed by atoms with Gasteiger partial charge in [0.2, 0.25) is 0 Å². The van der Waals surface area contributed by atoms with Gasteiger partial charge in [-0.2, -0.15) is 0 Å². The highest BCUT2D eigenvalue weighted by Gasteiger charge is 2.24. The molecule has 0 saturated heterocycles. The van der Waals surface area contributed by atoms with Gasteiger partial charge in [-0.15, -0.1) is 0 Å². The molecule has 4 aromatic rings. The predicted octanol–water partition coefficient (Wildman–Crippen LogP) is 3.69. The lowest BCUT2D eigenvalue weighted by molar-refractivity contribution is 0.0774. The van der Waals surface area contributed by atoms with E-state index in [9.17, 15) is 14.4 Å². The second-order valence-electron chi connectivity index (χ2n) is 8.32. The van der Waals surface area contributed by atoms with Crippen molar-refractivity contribution in [3.63, 3.8) is 0 Å². The first-order valence-corrected chi connectivity index (χ1v) is 11.4. The lowest BCUT2D eigenvalue weighted by Crippen LogP contribution is -2.41. The van der Waals surface area contributed by atoms with Gasteiger partial charge in [0.1, 0.15) is 0 Å². The maximum Gasteiger partial charge on any atom is 0.337 e. The second kappa shape index (κ2) is 9.47. The molecule has 0 aliphatic heterocycles. The first kappa shape index (κ1) is 23.2. The van der Waals surface area contributed by atoms with Gasteiger partial charge in [-0.25, -0.2) is 14.3 Å². The molecule has 1 amide bonds. The quantitative estimate of drug-likeness (QED) is 0.443. The molecule has 0 radical (unpaired) electrons. The summed E-state index contributed by atoms with van der Waals surface area (Å²) in [7, 11) is 0. The molecule has 0 atom stereocenters. The third-order valence-electron chi connectivity index (χ3n) is 5.94. The van der Waals surface area contributed by atoms with Crippen LogP contribution in [0.1, 0.15) is 41.0 Å². The summed E-state index contributed by atoms with van der Waals surface area (Å²) >= 11 is 0. The Morgan fingerprint density at radius 3 is 2.29 bits per heavy atom. The average Bonchev–Trinajstić information content (AvgIpc) is 2.82. The Kier molecular flexibility index (Phi) is 6.45. The molecule has 2 heterocycles. The molecule has 7 heteroatoms. The average molecular weight is 457 g/mol. The summed E-state index contributed by atoms with van der Waals surface area (Å²) in [5, 5.41) is 0.151. The molecule has 2 aromatic carbocycles. The molecule has 34 heavy (non-hydrogen) atoms. The lowest BCUT2D eigenvalue weighted by Gasteiger charge is -2.21. The summed E-state index contributed by atoms with van der Waals surface area (Å²) < 4.78 is 2.62. The molecule has 0 N–H and O–H groups in total. The SMILES string of the molecule is CCN(CC)C(=O)c1cc(C)nc2c1c(=O)n(Cc1cccc(C)c1)c(=O)n2-c1ccccc1.